The van der Waals surface area contributed by atoms with E-state index in [4.69, 9.17) is 4.74 Å². The van der Waals surface area contributed by atoms with Gasteiger partial charge in [0.2, 0.25) is 0 Å². The summed E-state index contributed by atoms with van der Waals surface area (Å²) in [6.07, 6.45) is 2.60. The van der Waals surface area contributed by atoms with Crippen LogP contribution in [0.3, 0.4) is 0 Å². The van der Waals surface area contributed by atoms with Gasteiger partial charge in [-0.05, 0) is 31.7 Å². The van der Waals surface area contributed by atoms with E-state index in [-0.39, 0.29) is 12.0 Å². The maximum atomic E-state index is 12.2. The highest BCUT2D eigenvalue weighted by Gasteiger charge is 2.27. The van der Waals surface area contributed by atoms with Crippen LogP contribution in [0.4, 0.5) is 0 Å². The summed E-state index contributed by atoms with van der Waals surface area (Å²) >= 11 is 0. The Labute approximate surface area is 109 Å². The zero-order chi connectivity index (χ0) is 12.8. The van der Waals surface area contributed by atoms with Crippen molar-refractivity contribution in [2.24, 2.45) is 0 Å². The summed E-state index contributed by atoms with van der Waals surface area (Å²) in [6.45, 7) is 4.29. The first-order valence-electron chi connectivity index (χ1n) is 6.75. The Kier molecular flexibility index (Phi) is 4.76. The second-order valence-electron chi connectivity index (χ2n) is 4.66. The molecule has 0 radical (unpaired) electrons. The Hall–Kier alpha value is -1.35. The van der Waals surface area contributed by atoms with Gasteiger partial charge in [-0.1, -0.05) is 30.3 Å². The molecule has 0 bridgehead atoms. The fourth-order valence-corrected chi connectivity index (χ4v) is 2.31. The molecule has 3 heteroatoms. The molecular weight excluding hydrogens is 226 g/mol. The van der Waals surface area contributed by atoms with E-state index in [1.807, 2.05) is 30.0 Å². The molecule has 1 heterocycles. The van der Waals surface area contributed by atoms with Gasteiger partial charge in [-0.2, -0.15) is 0 Å². The molecule has 0 N–H and O–H groups in total. The van der Waals surface area contributed by atoms with Crippen molar-refractivity contribution in [2.75, 3.05) is 19.7 Å². The average molecular weight is 247 g/mol. The largest absolute Gasteiger partial charge is 0.368 e. The number of nitrogens with zero attached hydrogens (tertiary/aromatic N) is 1. The summed E-state index contributed by atoms with van der Waals surface area (Å²) in [5.74, 6) is 0.158. The van der Waals surface area contributed by atoms with Crippen LogP contribution in [0.2, 0.25) is 0 Å². The van der Waals surface area contributed by atoms with Gasteiger partial charge in [0.15, 0.2) is 0 Å². The van der Waals surface area contributed by atoms with Crippen LogP contribution in [0, 0.1) is 0 Å². The third-order valence-electron chi connectivity index (χ3n) is 3.41. The lowest BCUT2D eigenvalue weighted by Gasteiger charge is -2.23. The molecule has 3 nitrogen and oxygen atoms in total. The lowest BCUT2D eigenvalue weighted by molar-refractivity contribution is -0.140. The number of carbonyl (C=O) groups is 1. The van der Waals surface area contributed by atoms with Gasteiger partial charge in [0.1, 0.15) is 6.10 Å². The maximum absolute atomic E-state index is 12.2. The highest BCUT2D eigenvalue weighted by Crippen LogP contribution is 2.15. The topological polar surface area (TPSA) is 29.5 Å². The Morgan fingerprint density at radius 3 is 2.78 bits per heavy atom. The molecule has 1 aromatic rings. The molecule has 1 aromatic carbocycles. The first kappa shape index (κ1) is 13.1. The molecule has 1 aliphatic heterocycles. The average Bonchev–Trinajstić information content (AvgIpc) is 2.94. The Morgan fingerprint density at radius 1 is 1.39 bits per heavy atom. The zero-order valence-electron chi connectivity index (χ0n) is 11.0. The molecule has 0 saturated carbocycles. The van der Waals surface area contributed by atoms with Crippen molar-refractivity contribution in [2.45, 2.75) is 32.3 Å². The lowest BCUT2D eigenvalue weighted by Crippen LogP contribution is -2.39. The van der Waals surface area contributed by atoms with E-state index >= 15 is 0 Å². The van der Waals surface area contributed by atoms with Crippen LogP contribution >= 0.6 is 0 Å². The number of ether oxygens (including phenoxy) is 1. The van der Waals surface area contributed by atoms with Crippen LogP contribution in [0.5, 0.6) is 0 Å². The van der Waals surface area contributed by atoms with Crippen LogP contribution in [0.1, 0.15) is 25.3 Å². The van der Waals surface area contributed by atoms with Crippen LogP contribution in [0.15, 0.2) is 30.3 Å². The van der Waals surface area contributed by atoms with Crippen LogP contribution in [-0.2, 0) is 16.0 Å². The third-order valence-corrected chi connectivity index (χ3v) is 3.41. The minimum atomic E-state index is -0.194. The fourth-order valence-electron chi connectivity index (χ4n) is 2.31. The maximum Gasteiger partial charge on any atom is 0.251 e. The molecule has 1 amide bonds. The Balaban J connectivity index is 1.87. The Bertz CT molecular complexity index is 371. The van der Waals surface area contributed by atoms with Gasteiger partial charge < -0.3 is 9.64 Å². The van der Waals surface area contributed by atoms with Crippen molar-refractivity contribution < 1.29 is 9.53 Å². The molecule has 1 fully saturated rings. The summed E-state index contributed by atoms with van der Waals surface area (Å²) in [6, 6.07) is 10.3. The molecule has 1 atom stereocenters. The quantitative estimate of drug-likeness (QED) is 0.798. The van der Waals surface area contributed by atoms with E-state index < -0.39 is 0 Å². The summed E-state index contributed by atoms with van der Waals surface area (Å²) in [7, 11) is 0. The van der Waals surface area contributed by atoms with Crippen LogP contribution < -0.4 is 0 Å². The number of amides is 1. The number of hydrogen-bond acceptors (Lipinski definition) is 2. The standard InChI is InChI=1S/C15H21NO2/c1-2-16(15(17)14-9-6-12-18-14)11-10-13-7-4-3-5-8-13/h3-5,7-8,14H,2,6,9-12H2,1H3. The minimum absolute atomic E-state index is 0.158. The normalized spacial score (nSPS) is 18.8. The van der Waals surface area contributed by atoms with E-state index in [9.17, 15) is 4.79 Å². The van der Waals surface area contributed by atoms with Gasteiger partial charge in [0.25, 0.3) is 5.91 Å². The third kappa shape index (κ3) is 3.33. The molecule has 1 unspecified atom stereocenters. The SMILES string of the molecule is CCN(CCc1ccccc1)C(=O)C1CCCO1. The molecule has 1 saturated heterocycles. The second-order valence-corrected chi connectivity index (χ2v) is 4.66. The summed E-state index contributed by atoms with van der Waals surface area (Å²) < 4.78 is 5.46. The van der Waals surface area contributed by atoms with Crippen molar-refractivity contribution in [3.05, 3.63) is 35.9 Å². The van der Waals surface area contributed by atoms with Crippen molar-refractivity contribution >= 4 is 5.91 Å². The van der Waals surface area contributed by atoms with Gasteiger partial charge in [0.05, 0.1) is 0 Å². The molecule has 0 spiro atoms. The van der Waals surface area contributed by atoms with Crippen LogP contribution in [0.25, 0.3) is 0 Å². The van der Waals surface area contributed by atoms with Gasteiger partial charge in [-0.25, -0.2) is 0 Å². The highest BCUT2D eigenvalue weighted by molar-refractivity contribution is 5.81. The molecule has 98 valence electrons. The number of hydrogen-bond donors (Lipinski definition) is 0. The minimum Gasteiger partial charge on any atom is -0.368 e. The number of benzene rings is 1. The van der Waals surface area contributed by atoms with Crippen molar-refractivity contribution in [3.63, 3.8) is 0 Å². The molecule has 18 heavy (non-hydrogen) atoms. The van der Waals surface area contributed by atoms with E-state index in [1.165, 1.54) is 5.56 Å². The van der Waals surface area contributed by atoms with Gasteiger partial charge >= 0.3 is 0 Å². The molecule has 1 aliphatic rings. The summed E-state index contributed by atoms with van der Waals surface area (Å²) in [5, 5.41) is 0. The predicted octanol–water partition coefficient (Wildman–Crippen LogP) is 2.26. The first-order valence-corrected chi connectivity index (χ1v) is 6.75. The zero-order valence-corrected chi connectivity index (χ0v) is 11.0. The number of likely N-dealkylation sites (N-methyl/N-ethyl adjacent to an activating group) is 1. The fraction of sp³-hybridized carbons (Fsp3) is 0.533. The molecule has 0 aromatic heterocycles. The first-order chi connectivity index (χ1) is 8.81. The lowest BCUT2D eigenvalue weighted by atomic mass is 10.1. The van der Waals surface area contributed by atoms with Crippen molar-refractivity contribution in [1.82, 2.24) is 4.90 Å². The van der Waals surface area contributed by atoms with Gasteiger partial charge in [-0.15, -0.1) is 0 Å². The smallest absolute Gasteiger partial charge is 0.251 e. The highest BCUT2D eigenvalue weighted by atomic mass is 16.5. The number of carbonyl (C=O) groups excluding carboxylic acids is 1. The molecular formula is C15H21NO2. The van der Waals surface area contributed by atoms with E-state index in [1.54, 1.807) is 0 Å². The summed E-state index contributed by atoms with van der Waals surface area (Å²) in [4.78, 5) is 14.1. The van der Waals surface area contributed by atoms with E-state index in [0.717, 1.165) is 39.0 Å². The Morgan fingerprint density at radius 2 is 2.17 bits per heavy atom. The molecule has 0 aliphatic carbocycles. The number of rotatable bonds is 5. The van der Waals surface area contributed by atoms with E-state index in [2.05, 4.69) is 12.1 Å². The van der Waals surface area contributed by atoms with Crippen molar-refractivity contribution in [3.8, 4) is 0 Å². The van der Waals surface area contributed by atoms with E-state index in [0.29, 0.717) is 0 Å². The van der Waals surface area contributed by atoms with Crippen LogP contribution in [-0.4, -0.2) is 36.6 Å². The molecule has 2 rings (SSSR count). The van der Waals surface area contributed by atoms with Gasteiger partial charge in [0, 0.05) is 19.7 Å². The monoisotopic (exact) mass is 247 g/mol. The predicted molar refractivity (Wildman–Crippen MR) is 71.4 cm³/mol. The van der Waals surface area contributed by atoms with Gasteiger partial charge in [-0.3, -0.25) is 4.79 Å². The van der Waals surface area contributed by atoms with Crippen molar-refractivity contribution in [1.29, 1.82) is 0 Å². The second kappa shape index (κ2) is 6.55. The summed E-state index contributed by atoms with van der Waals surface area (Å²) in [5.41, 5.74) is 1.27.